The molecule has 5 rings (SSSR count). The van der Waals surface area contributed by atoms with Crippen LogP contribution in [0.5, 0.6) is 11.5 Å². The van der Waals surface area contributed by atoms with Gasteiger partial charge in [-0.2, -0.15) is 16.8 Å². The number of amides is 2. The van der Waals surface area contributed by atoms with Gasteiger partial charge in [-0.25, -0.2) is 10.5 Å². The van der Waals surface area contributed by atoms with Gasteiger partial charge in [-0.3, -0.25) is 18.7 Å². The average Bonchev–Trinajstić information content (AvgIpc) is 3.05. The molecule has 0 saturated carbocycles. The van der Waals surface area contributed by atoms with E-state index in [1.165, 1.54) is 48.5 Å². The molecule has 0 heterocycles. The normalized spacial score (nSPS) is 11.9. The summed E-state index contributed by atoms with van der Waals surface area (Å²) in [6, 6.07) is 13.8. The monoisotopic (exact) mass is 768 g/mol. The molecule has 5 aromatic rings. The third kappa shape index (κ3) is 8.24. The summed E-state index contributed by atoms with van der Waals surface area (Å²) in [6.45, 7) is 0. The Balaban J connectivity index is 1.44. The molecule has 0 aliphatic heterocycles. The highest BCUT2D eigenvalue weighted by atomic mass is 32.2. The van der Waals surface area contributed by atoms with Crippen LogP contribution < -0.4 is 10.6 Å². The molecule has 0 aliphatic rings. The maximum atomic E-state index is 13.3. The molecule has 0 spiro atoms. The quantitative estimate of drug-likeness (QED) is 0.0348. The summed E-state index contributed by atoms with van der Waals surface area (Å²) >= 11 is 1.12. The van der Waals surface area contributed by atoms with Crippen molar-refractivity contribution in [1.82, 2.24) is 0 Å². The molecule has 0 radical (unpaired) electrons. The van der Waals surface area contributed by atoms with E-state index < -0.39 is 47.6 Å². The number of nitrogens with one attached hydrogen (secondary N) is 2. The fraction of sp³-hybridized carbons (Fsp3) is 0. The van der Waals surface area contributed by atoms with E-state index in [2.05, 4.69) is 29.4 Å². The number of phenolic OH excluding ortho intramolecular Hbond substituents is 2. The summed E-state index contributed by atoms with van der Waals surface area (Å²) in [7, 11) is -9.74. The minimum absolute atomic E-state index is 0.0251. The second-order valence-corrected chi connectivity index (χ2v) is 14.3. The molecule has 50 heavy (non-hydrogen) atoms. The van der Waals surface area contributed by atoms with Crippen molar-refractivity contribution in [3.8, 4) is 11.5 Å². The van der Waals surface area contributed by atoms with E-state index in [1.54, 1.807) is 0 Å². The summed E-state index contributed by atoms with van der Waals surface area (Å²) < 4.78 is 75.0. The van der Waals surface area contributed by atoms with Gasteiger partial charge in [0.2, 0.25) is 0 Å². The molecule has 2 amide bonds. The third-order valence-corrected chi connectivity index (χ3v) is 9.55. The Bertz CT molecular complexity index is 2360. The molecule has 0 saturated heterocycles. The maximum Gasteiger partial charge on any atom is 0.294 e. The van der Waals surface area contributed by atoms with E-state index in [-0.39, 0.29) is 49.3 Å². The number of phenols is 2. The van der Waals surface area contributed by atoms with Crippen molar-refractivity contribution in [2.45, 2.75) is 19.6 Å². The molecule has 262 valence electrons. The van der Waals surface area contributed by atoms with Crippen molar-refractivity contribution < 1.29 is 75.0 Å². The molecule has 5 aromatic carbocycles. The Kier molecular flexibility index (Phi) is 10.8. The fourth-order valence-electron chi connectivity index (χ4n) is 4.74. The topological polar surface area (TPSA) is 285 Å². The highest BCUT2D eigenvalue weighted by Gasteiger charge is 2.22. The molecular weight excluding hydrogens is 749 g/mol. The van der Waals surface area contributed by atoms with Crippen LogP contribution in [-0.2, 0) is 39.0 Å². The summed E-state index contributed by atoms with van der Waals surface area (Å²) in [5.74, 6) is -2.64. The predicted molar refractivity (Wildman–Crippen MR) is 175 cm³/mol. The van der Waals surface area contributed by atoms with Crippen molar-refractivity contribution >= 4 is 89.1 Å². The number of hydrogen-bond acceptors (Lipinski definition) is 16. The van der Waals surface area contributed by atoms with Crippen LogP contribution in [0.4, 0.5) is 11.4 Å². The lowest BCUT2D eigenvalue weighted by Crippen LogP contribution is -2.15. The van der Waals surface area contributed by atoms with Crippen molar-refractivity contribution in [2.75, 3.05) is 10.6 Å². The zero-order valence-electron chi connectivity index (χ0n) is 24.3. The number of aromatic hydroxyl groups is 2. The van der Waals surface area contributed by atoms with Gasteiger partial charge in [-0.15, -0.1) is 8.67 Å². The van der Waals surface area contributed by atoms with E-state index in [0.717, 1.165) is 18.2 Å². The minimum Gasteiger partial charge on any atom is -0.507 e. The van der Waals surface area contributed by atoms with Crippen molar-refractivity contribution in [3.05, 3.63) is 83.9 Å². The van der Waals surface area contributed by atoms with Crippen molar-refractivity contribution in [3.63, 3.8) is 0 Å². The van der Waals surface area contributed by atoms with Gasteiger partial charge in [-0.05, 0) is 77.5 Å². The lowest BCUT2D eigenvalue weighted by molar-refractivity contribution is -0.432. The molecule has 0 unspecified atom stereocenters. The van der Waals surface area contributed by atoms with Crippen LogP contribution in [0.1, 0.15) is 20.7 Å². The first kappa shape index (κ1) is 36.7. The van der Waals surface area contributed by atoms with E-state index >= 15 is 0 Å². The van der Waals surface area contributed by atoms with E-state index in [4.69, 9.17) is 10.5 Å². The van der Waals surface area contributed by atoms with Gasteiger partial charge in [0.15, 0.2) is 0 Å². The Morgan fingerprint density at radius 3 is 1.44 bits per heavy atom. The predicted octanol–water partition coefficient (Wildman–Crippen LogP) is 5.26. The standard InChI is InChI=1S/C28H20N2O16S4/c31-23-10-18(48-46-44-36)6-15-5-17(47-45-43-35)9-21(25(15)23)29-27(33)13-1-3-14(4-2-13)28(34)30-22-11-19(49(37,38)39)7-16-8-20(50(40,41)42)12-24(32)26(16)22/h1-12,31-32,35-36H,(H,29,33)(H,30,34)(H,37,38,39)(H,40,41,42). The third-order valence-electron chi connectivity index (χ3n) is 6.77. The number of anilines is 2. The summed E-state index contributed by atoms with van der Waals surface area (Å²) in [6.07, 6.45) is 0. The van der Waals surface area contributed by atoms with Gasteiger partial charge in [0.1, 0.15) is 11.5 Å². The van der Waals surface area contributed by atoms with Gasteiger partial charge < -0.3 is 20.8 Å². The molecule has 22 heteroatoms. The maximum absolute atomic E-state index is 13.3. The molecule has 0 atom stereocenters. The van der Waals surface area contributed by atoms with Gasteiger partial charge in [0, 0.05) is 37.8 Å². The highest BCUT2D eigenvalue weighted by Crippen LogP contribution is 2.40. The number of carbonyl (C=O) groups is 2. The number of fused-ring (bicyclic) bond motifs is 2. The first-order valence-corrected chi connectivity index (χ1v) is 17.5. The Labute approximate surface area is 288 Å². The second-order valence-electron chi connectivity index (χ2n) is 9.91. The van der Waals surface area contributed by atoms with Gasteiger partial charge in [0.25, 0.3) is 32.1 Å². The van der Waals surface area contributed by atoms with E-state index in [1.807, 2.05) is 0 Å². The number of hydrogen-bond donors (Lipinski definition) is 8. The van der Waals surface area contributed by atoms with Crippen molar-refractivity contribution in [2.24, 2.45) is 0 Å². The van der Waals surface area contributed by atoms with Crippen LogP contribution in [0, 0.1) is 0 Å². The number of carbonyl (C=O) groups excluding carboxylic acids is 2. The number of benzene rings is 5. The number of rotatable bonds is 12. The van der Waals surface area contributed by atoms with Crippen LogP contribution in [0.25, 0.3) is 21.5 Å². The second kappa shape index (κ2) is 14.7. The van der Waals surface area contributed by atoms with Crippen LogP contribution in [0.2, 0.25) is 0 Å². The molecule has 8 N–H and O–H groups in total. The van der Waals surface area contributed by atoms with E-state index in [0.29, 0.717) is 40.4 Å². The Hall–Kier alpha value is -4.56. The van der Waals surface area contributed by atoms with Crippen LogP contribution in [0.3, 0.4) is 0 Å². The molecule has 0 fully saturated rings. The van der Waals surface area contributed by atoms with Gasteiger partial charge in [0.05, 0.1) is 45.3 Å². The van der Waals surface area contributed by atoms with Gasteiger partial charge >= 0.3 is 0 Å². The smallest absolute Gasteiger partial charge is 0.294 e. The molecule has 18 nitrogen and oxygen atoms in total. The largest absolute Gasteiger partial charge is 0.507 e. The Morgan fingerprint density at radius 1 is 0.580 bits per heavy atom. The first-order valence-electron chi connectivity index (χ1n) is 13.2. The SMILES string of the molecule is O=C(Nc1cc(SOOO)cc2cc(SOOO)cc(O)c12)c1ccc(C(=O)Nc2cc(S(=O)(=O)O)cc3cc(S(=O)(=O)O)cc(O)c23)cc1. The summed E-state index contributed by atoms with van der Waals surface area (Å²) in [5, 5.41) is 50.5. The highest BCUT2D eigenvalue weighted by molar-refractivity contribution is 7.94. The van der Waals surface area contributed by atoms with E-state index in [9.17, 15) is 45.7 Å². The van der Waals surface area contributed by atoms with Gasteiger partial charge in [-0.1, -0.05) is 10.1 Å². The lowest BCUT2D eigenvalue weighted by Gasteiger charge is -2.14. The molecule has 0 bridgehead atoms. The van der Waals surface area contributed by atoms with Crippen molar-refractivity contribution in [1.29, 1.82) is 0 Å². The average molecular weight is 769 g/mol. The summed E-state index contributed by atoms with van der Waals surface area (Å²) in [4.78, 5) is 25.5. The minimum atomic E-state index is -4.90. The first-order chi connectivity index (χ1) is 23.6. The molecule has 0 aromatic heterocycles. The van der Waals surface area contributed by atoms with Crippen LogP contribution in [-0.4, -0.2) is 58.5 Å². The van der Waals surface area contributed by atoms with Crippen LogP contribution in [0.15, 0.2) is 92.4 Å². The van der Waals surface area contributed by atoms with Crippen LogP contribution >= 0.6 is 24.1 Å². The summed E-state index contributed by atoms with van der Waals surface area (Å²) in [5.41, 5.74) is -0.313. The lowest BCUT2D eigenvalue weighted by atomic mass is 10.1. The fourth-order valence-corrected chi connectivity index (χ4v) is 6.71. The molecular formula is C28H20N2O16S4. The molecule has 0 aliphatic carbocycles. The zero-order chi connectivity index (χ0) is 36.4. The Morgan fingerprint density at radius 2 is 0.980 bits per heavy atom. The zero-order valence-corrected chi connectivity index (χ0v) is 27.6.